The minimum Gasteiger partial charge on any atom is -0.496 e. The number of benzene rings is 2. The Bertz CT molecular complexity index is 877. The molecule has 2 heterocycles. The lowest BCUT2D eigenvalue weighted by Gasteiger charge is -2.36. The third-order valence-corrected chi connectivity index (χ3v) is 5.15. The van der Waals surface area contributed by atoms with Gasteiger partial charge in [-0.25, -0.2) is 4.39 Å². The smallest absolute Gasteiger partial charge is 0.267 e. The van der Waals surface area contributed by atoms with E-state index in [0.717, 1.165) is 17.0 Å². The van der Waals surface area contributed by atoms with Gasteiger partial charge in [0.05, 0.1) is 12.8 Å². The summed E-state index contributed by atoms with van der Waals surface area (Å²) in [5.74, 6) is 0.417. The van der Waals surface area contributed by atoms with Crippen molar-refractivity contribution in [3.8, 4) is 5.75 Å². The van der Waals surface area contributed by atoms with Crippen molar-refractivity contribution in [1.29, 1.82) is 0 Å². The van der Waals surface area contributed by atoms with Crippen LogP contribution in [0.2, 0.25) is 0 Å². The SMILES string of the molecule is COc1ccccc1C1=NO[C@H](C(=O)N2CCN(c3ccc(F)cc3)CC2)C1. The summed E-state index contributed by atoms with van der Waals surface area (Å²) in [6, 6.07) is 14.0. The van der Waals surface area contributed by atoms with Crippen LogP contribution in [0.25, 0.3) is 0 Å². The molecule has 4 rings (SSSR count). The van der Waals surface area contributed by atoms with Crippen LogP contribution in [0.4, 0.5) is 10.1 Å². The second-order valence-electron chi connectivity index (χ2n) is 6.83. The number of para-hydroxylation sites is 1. The molecule has 1 saturated heterocycles. The van der Waals surface area contributed by atoms with Crippen molar-refractivity contribution in [3.63, 3.8) is 0 Å². The fourth-order valence-corrected chi connectivity index (χ4v) is 3.59. The summed E-state index contributed by atoms with van der Waals surface area (Å²) in [7, 11) is 1.61. The summed E-state index contributed by atoms with van der Waals surface area (Å²) in [6.45, 7) is 2.59. The number of carbonyl (C=O) groups is 1. The Morgan fingerprint density at radius 3 is 2.54 bits per heavy atom. The van der Waals surface area contributed by atoms with Crippen LogP contribution in [0.15, 0.2) is 53.7 Å². The molecule has 0 saturated carbocycles. The fraction of sp³-hybridized carbons (Fsp3) is 0.333. The average molecular weight is 383 g/mol. The highest BCUT2D eigenvalue weighted by Crippen LogP contribution is 2.26. The molecule has 0 spiro atoms. The lowest BCUT2D eigenvalue weighted by molar-refractivity contribution is -0.142. The predicted molar refractivity (Wildman–Crippen MR) is 104 cm³/mol. The van der Waals surface area contributed by atoms with Crippen LogP contribution >= 0.6 is 0 Å². The minimum absolute atomic E-state index is 0.0487. The molecule has 0 unspecified atom stereocenters. The number of halogens is 1. The van der Waals surface area contributed by atoms with Crippen LogP contribution in [0.3, 0.4) is 0 Å². The number of oxime groups is 1. The standard InChI is InChI=1S/C21H22FN3O3/c1-27-19-5-3-2-4-17(19)18-14-20(28-23-18)21(26)25-12-10-24(11-13-25)16-8-6-15(22)7-9-16/h2-9,20H,10-14H2,1H3/t20-/m0/s1. The van der Waals surface area contributed by atoms with E-state index in [9.17, 15) is 9.18 Å². The normalized spacial score (nSPS) is 19.2. The first-order chi connectivity index (χ1) is 13.7. The number of ether oxygens (including phenoxy) is 1. The van der Waals surface area contributed by atoms with Gasteiger partial charge >= 0.3 is 0 Å². The highest BCUT2D eigenvalue weighted by Gasteiger charge is 2.34. The van der Waals surface area contributed by atoms with E-state index in [4.69, 9.17) is 9.57 Å². The molecule has 7 heteroatoms. The molecule has 2 aromatic carbocycles. The molecule has 0 bridgehead atoms. The van der Waals surface area contributed by atoms with E-state index >= 15 is 0 Å². The lowest BCUT2D eigenvalue weighted by Crippen LogP contribution is -2.51. The van der Waals surface area contributed by atoms with Crippen LogP contribution in [0.5, 0.6) is 5.75 Å². The molecular formula is C21H22FN3O3. The van der Waals surface area contributed by atoms with E-state index in [1.807, 2.05) is 29.2 Å². The Morgan fingerprint density at radius 2 is 1.82 bits per heavy atom. The van der Waals surface area contributed by atoms with Crippen molar-refractivity contribution in [2.75, 3.05) is 38.2 Å². The third-order valence-electron chi connectivity index (χ3n) is 5.15. The Kier molecular flexibility index (Phi) is 5.14. The van der Waals surface area contributed by atoms with Gasteiger partial charge in [-0.05, 0) is 36.4 Å². The molecule has 146 valence electrons. The van der Waals surface area contributed by atoms with Gasteiger partial charge in [0.15, 0.2) is 0 Å². The van der Waals surface area contributed by atoms with Crippen molar-refractivity contribution in [1.82, 2.24) is 4.90 Å². The lowest BCUT2D eigenvalue weighted by atomic mass is 10.0. The van der Waals surface area contributed by atoms with Gasteiger partial charge in [0.25, 0.3) is 5.91 Å². The second kappa shape index (κ2) is 7.88. The first-order valence-corrected chi connectivity index (χ1v) is 9.31. The molecular weight excluding hydrogens is 361 g/mol. The molecule has 6 nitrogen and oxygen atoms in total. The van der Waals surface area contributed by atoms with Gasteiger partial charge in [-0.3, -0.25) is 4.79 Å². The van der Waals surface area contributed by atoms with E-state index in [1.54, 1.807) is 19.2 Å². The van der Waals surface area contributed by atoms with Crippen molar-refractivity contribution >= 4 is 17.3 Å². The summed E-state index contributed by atoms with van der Waals surface area (Å²) < 4.78 is 18.5. The zero-order valence-corrected chi connectivity index (χ0v) is 15.7. The van der Waals surface area contributed by atoms with Crippen LogP contribution in [0.1, 0.15) is 12.0 Å². The van der Waals surface area contributed by atoms with Crippen molar-refractivity contribution in [3.05, 3.63) is 59.9 Å². The Morgan fingerprint density at radius 1 is 1.11 bits per heavy atom. The zero-order valence-electron chi connectivity index (χ0n) is 15.7. The number of anilines is 1. The Balaban J connectivity index is 1.34. The quantitative estimate of drug-likeness (QED) is 0.815. The van der Waals surface area contributed by atoms with Crippen LogP contribution in [-0.2, 0) is 9.63 Å². The zero-order chi connectivity index (χ0) is 19.5. The number of rotatable bonds is 4. The van der Waals surface area contributed by atoms with Gasteiger partial charge < -0.3 is 19.4 Å². The summed E-state index contributed by atoms with van der Waals surface area (Å²) in [5.41, 5.74) is 2.54. The van der Waals surface area contributed by atoms with Gasteiger partial charge in [0, 0.05) is 43.9 Å². The van der Waals surface area contributed by atoms with E-state index < -0.39 is 6.10 Å². The van der Waals surface area contributed by atoms with E-state index in [2.05, 4.69) is 10.1 Å². The van der Waals surface area contributed by atoms with E-state index in [0.29, 0.717) is 38.3 Å². The van der Waals surface area contributed by atoms with E-state index in [-0.39, 0.29) is 11.7 Å². The molecule has 0 aromatic heterocycles. The topological polar surface area (TPSA) is 54.4 Å². The van der Waals surface area contributed by atoms with Crippen LogP contribution in [0, 0.1) is 5.82 Å². The molecule has 0 radical (unpaired) electrons. The first-order valence-electron chi connectivity index (χ1n) is 9.31. The average Bonchev–Trinajstić information content (AvgIpc) is 3.24. The van der Waals surface area contributed by atoms with Gasteiger partial charge in [0.2, 0.25) is 6.10 Å². The van der Waals surface area contributed by atoms with Gasteiger partial charge in [0.1, 0.15) is 11.6 Å². The Labute approximate surface area is 163 Å². The number of hydrogen-bond acceptors (Lipinski definition) is 5. The maximum atomic E-state index is 13.1. The van der Waals surface area contributed by atoms with Gasteiger partial charge in [-0.2, -0.15) is 0 Å². The number of carbonyl (C=O) groups excluding carboxylic acids is 1. The number of amides is 1. The van der Waals surface area contributed by atoms with Crippen LogP contribution in [-0.4, -0.2) is 55.9 Å². The molecule has 1 amide bonds. The summed E-state index contributed by atoms with van der Waals surface area (Å²) >= 11 is 0. The second-order valence-corrected chi connectivity index (χ2v) is 6.83. The summed E-state index contributed by atoms with van der Waals surface area (Å²) in [6.07, 6.45) is -0.172. The first kappa shape index (κ1) is 18.3. The van der Waals surface area contributed by atoms with Crippen molar-refractivity contribution in [2.24, 2.45) is 5.16 Å². The molecule has 2 aliphatic heterocycles. The van der Waals surface area contributed by atoms with Gasteiger partial charge in [-0.15, -0.1) is 0 Å². The number of nitrogens with zero attached hydrogens (tertiary/aromatic N) is 3. The third kappa shape index (κ3) is 3.65. The molecule has 1 atom stereocenters. The predicted octanol–water partition coefficient (Wildman–Crippen LogP) is 2.68. The number of methoxy groups -OCH3 is 1. The largest absolute Gasteiger partial charge is 0.496 e. The van der Waals surface area contributed by atoms with E-state index in [1.165, 1.54) is 12.1 Å². The summed E-state index contributed by atoms with van der Waals surface area (Å²) in [4.78, 5) is 22.3. The molecule has 1 fully saturated rings. The van der Waals surface area contributed by atoms with Crippen molar-refractivity contribution in [2.45, 2.75) is 12.5 Å². The molecule has 0 N–H and O–H groups in total. The highest BCUT2D eigenvalue weighted by molar-refractivity contribution is 6.05. The van der Waals surface area contributed by atoms with Crippen LogP contribution < -0.4 is 9.64 Å². The highest BCUT2D eigenvalue weighted by atomic mass is 19.1. The fourth-order valence-electron chi connectivity index (χ4n) is 3.59. The number of piperazine rings is 1. The Hall–Kier alpha value is -3.09. The molecule has 2 aliphatic rings. The molecule has 0 aliphatic carbocycles. The molecule has 2 aromatic rings. The summed E-state index contributed by atoms with van der Waals surface area (Å²) in [5, 5.41) is 4.13. The maximum Gasteiger partial charge on any atom is 0.267 e. The minimum atomic E-state index is -0.600. The van der Waals surface area contributed by atoms with Crippen molar-refractivity contribution < 1.29 is 18.8 Å². The monoisotopic (exact) mass is 383 g/mol. The molecule has 28 heavy (non-hydrogen) atoms. The van der Waals surface area contributed by atoms with Gasteiger partial charge in [-0.1, -0.05) is 17.3 Å². The number of hydrogen-bond donors (Lipinski definition) is 0. The maximum absolute atomic E-state index is 13.1.